The molecule has 1 aliphatic heterocycles. The van der Waals surface area contributed by atoms with Gasteiger partial charge in [-0.25, -0.2) is 4.79 Å². The SMILES string of the molecule is CCCCCCOc1cc(C)c(C(C)CCCCCC)c2c1S/C(=C(/C#N)C(=O)OCC)S2. The zero-order valence-corrected chi connectivity index (χ0v) is 22.6. The van der Waals surface area contributed by atoms with Crippen LogP contribution in [-0.4, -0.2) is 19.2 Å². The van der Waals surface area contributed by atoms with Crippen LogP contribution < -0.4 is 4.74 Å². The van der Waals surface area contributed by atoms with Gasteiger partial charge in [-0.3, -0.25) is 0 Å². The lowest BCUT2D eigenvalue weighted by atomic mass is 9.91. The average molecular weight is 490 g/mol. The van der Waals surface area contributed by atoms with E-state index in [1.165, 1.54) is 79.6 Å². The summed E-state index contributed by atoms with van der Waals surface area (Å²) in [6.45, 7) is 11.6. The Hall–Kier alpha value is -1.58. The number of nitrogens with zero attached hydrogens (tertiary/aromatic N) is 1. The van der Waals surface area contributed by atoms with Gasteiger partial charge in [0.05, 0.1) is 22.3 Å². The number of benzene rings is 1. The van der Waals surface area contributed by atoms with Gasteiger partial charge < -0.3 is 9.47 Å². The molecule has 1 aromatic carbocycles. The van der Waals surface area contributed by atoms with Crippen molar-refractivity contribution in [3.05, 3.63) is 27.0 Å². The molecule has 0 aliphatic carbocycles. The standard InChI is InChI=1S/C27H39NO3S2/c1-6-9-11-13-15-19(4)23-20(5)17-22(31-16-14-12-10-7-2)24-25(23)33-27(32-24)21(18-28)26(29)30-8-3/h17,19H,6-16H2,1-5H3/b27-21+. The molecule has 0 spiro atoms. The number of carbonyl (C=O) groups excluding carboxylic acids is 1. The molecule has 2 rings (SSSR count). The molecule has 0 amide bonds. The Labute approximate surface area is 208 Å². The molecule has 0 N–H and O–H groups in total. The first-order chi connectivity index (χ1) is 16.0. The number of rotatable bonds is 14. The Morgan fingerprint density at radius 1 is 1.03 bits per heavy atom. The molecule has 33 heavy (non-hydrogen) atoms. The highest BCUT2D eigenvalue weighted by atomic mass is 32.2. The summed E-state index contributed by atoms with van der Waals surface area (Å²) in [7, 11) is 0. The Morgan fingerprint density at radius 3 is 2.33 bits per heavy atom. The molecule has 1 unspecified atom stereocenters. The van der Waals surface area contributed by atoms with E-state index < -0.39 is 5.97 Å². The van der Waals surface area contributed by atoms with E-state index in [4.69, 9.17) is 9.47 Å². The zero-order chi connectivity index (χ0) is 24.2. The largest absolute Gasteiger partial charge is 0.492 e. The smallest absolute Gasteiger partial charge is 0.350 e. The van der Waals surface area contributed by atoms with Gasteiger partial charge in [-0.15, -0.1) is 0 Å². The monoisotopic (exact) mass is 489 g/mol. The van der Waals surface area contributed by atoms with Gasteiger partial charge in [-0.05, 0) is 49.8 Å². The molecular formula is C27H39NO3S2. The molecule has 1 heterocycles. The van der Waals surface area contributed by atoms with Crippen LogP contribution in [-0.2, 0) is 9.53 Å². The summed E-state index contributed by atoms with van der Waals surface area (Å²) in [5, 5.41) is 9.69. The van der Waals surface area contributed by atoms with E-state index in [9.17, 15) is 10.1 Å². The van der Waals surface area contributed by atoms with Gasteiger partial charge >= 0.3 is 5.97 Å². The number of fused-ring (bicyclic) bond motifs is 1. The second-order valence-corrected chi connectivity index (χ2v) is 10.9. The summed E-state index contributed by atoms with van der Waals surface area (Å²) in [4.78, 5) is 14.6. The maximum atomic E-state index is 12.4. The van der Waals surface area contributed by atoms with Gasteiger partial charge in [0, 0.05) is 4.90 Å². The van der Waals surface area contributed by atoms with Gasteiger partial charge in [0.1, 0.15) is 11.8 Å². The maximum Gasteiger partial charge on any atom is 0.350 e. The van der Waals surface area contributed by atoms with Crippen molar-refractivity contribution >= 4 is 29.5 Å². The lowest BCUT2D eigenvalue weighted by molar-refractivity contribution is -0.138. The number of aryl methyl sites for hydroxylation is 1. The molecule has 0 bridgehead atoms. The lowest BCUT2D eigenvalue weighted by Gasteiger charge is -2.20. The van der Waals surface area contributed by atoms with Crippen molar-refractivity contribution in [3.8, 4) is 11.8 Å². The van der Waals surface area contributed by atoms with Crippen LogP contribution in [0.3, 0.4) is 0 Å². The van der Waals surface area contributed by atoms with Gasteiger partial charge in [0.15, 0.2) is 5.57 Å². The van der Waals surface area contributed by atoms with Crippen molar-refractivity contribution < 1.29 is 14.3 Å². The zero-order valence-electron chi connectivity index (χ0n) is 20.9. The molecule has 0 radical (unpaired) electrons. The number of nitriles is 1. The fourth-order valence-electron chi connectivity index (χ4n) is 4.09. The van der Waals surface area contributed by atoms with Crippen LogP contribution in [0.15, 0.2) is 25.7 Å². The Kier molecular flexibility index (Phi) is 12.3. The second kappa shape index (κ2) is 14.6. The van der Waals surface area contributed by atoms with Crippen LogP contribution in [0, 0.1) is 18.3 Å². The predicted octanol–water partition coefficient (Wildman–Crippen LogP) is 8.52. The average Bonchev–Trinajstić information content (AvgIpc) is 3.21. The van der Waals surface area contributed by atoms with Crippen molar-refractivity contribution in [1.82, 2.24) is 0 Å². The van der Waals surface area contributed by atoms with Gasteiger partial charge in [-0.1, -0.05) is 89.2 Å². The third kappa shape index (κ3) is 7.72. The van der Waals surface area contributed by atoms with Crippen molar-refractivity contribution in [2.24, 2.45) is 0 Å². The minimum absolute atomic E-state index is 0.0937. The third-order valence-electron chi connectivity index (χ3n) is 5.87. The quantitative estimate of drug-likeness (QED) is 0.113. The van der Waals surface area contributed by atoms with Crippen molar-refractivity contribution in [2.75, 3.05) is 13.2 Å². The number of esters is 1. The fourth-order valence-corrected chi connectivity index (χ4v) is 6.93. The molecule has 6 heteroatoms. The van der Waals surface area contributed by atoms with Crippen molar-refractivity contribution in [2.45, 2.75) is 108 Å². The van der Waals surface area contributed by atoms with Gasteiger partial charge in [0.2, 0.25) is 0 Å². The maximum absolute atomic E-state index is 12.4. The van der Waals surface area contributed by atoms with E-state index in [1.54, 1.807) is 6.92 Å². The number of hydrogen-bond donors (Lipinski definition) is 0. The number of thioether (sulfide) groups is 2. The van der Waals surface area contributed by atoms with Crippen LogP contribution in [0.4, 0.5) is 0 Å². The normalized spacial score (nSPS) is 15.0. The number of hydrogen-bond acceptors (Lipinski definition) is 6. The Bertz CT molecular complexity index is 873. The summed E-state index contributed by atoms with van der Waals surface area (Å²) >= 11 is 3.02. The molecule has 182 valence electrons. The molecule has 1 aliphatic rings. The molecule has 0 saturated heterocycles. The van der Waals surface area contributed by atoms with Crippen LogP contribution >= 0.6 is 23.5 Å². The minimum Gasteiger partial charge on any atom is -0.492 e. The lowest BCUT2D eigenvalue weighted by Crippen LogP contribution is -2.07. The highest BCUT2D eigenvalue weighted by Crippen LogP contribution is 2.59. The first-order valence-corrected chi connectivity index (χ1v) is 14.1. The van der Waals surface area contributed by atoms with Crippen molar-refractivity contribution in [3.63, 3.8) is 0 Å². The van der Waals surface area contributed by atoms with E-state index in [1.807, 2.05) is 0 Å². The first-order valence-electron chi connectivity index (χ1n) is 12.5. The predicted molar refractivity (Wildman–Crippen MR) is 139 cm³/mol. The minimum atomic E-state index is -0.546. The van der Waals surface area contributed by atoms with E-state index >= 15 is 0 Å². The summed E-state index contributed by atoms with van der Waals surface area (Å²) in [6, 6.07) is 4.24. The van der Waals surface area contributed by atoms with Crippen LogP contribution in [0.2, 0.25) is 0 Å². The molecular weight excluding hydrogens is 450 g/mol. The molecule has 4 nitrogen and oxygen atoms in total. The van der Waals surface area contributed by atoms with Crippen LogP contribution in [0.25, 0.3) is 0 Å². The number of ether oxygens (including phenoxy) is 2. The van der Waals surface area contributed by atoms with E-state index in [0.29, 0.717) is 16.8 Å². The van der Waals surface area contributed by atoms with Gasteiger partial charge in [-0.2, -0.15) is 5.26 Å². The topological polar surface area (TPSA) is 59.3 Å². The summed E-state index contributed by atoms with van der Waals surface area (Å²) in [5.74, 6) is 0.736. The van der Waals surface area contributed by atoms with Crippen LogP contribution in [0.1, 0.15) is 103 Å². The molecule has 0 fully saturated rings. The highest BCUT2D eigenvalue weighted by molar-refractivity contribution is 8.24. The summed E-state index contributed by atoms with van der Waals surface area (Å²) in [6.07, 6.45) is 10.7. The Balaban J connectivity index is 2.37. The first kappa shape index (κ1) is 27.7. The molecule has 1 aromatic rings. The molecule has 1 atom stereocenters. The summed E-state index contributed by atoms with van der Waals surface area (Å²) in [5.41, 5.74) is 2.65. The van der Waals surface area contributed by atoms with Crippen molar-refractivity contribution in [1.29, 1.82) is 5.26 Å². The number of carbonyl (C=O) groups is 1. The Morgan fingerprint density at radius 2 is 1.70 bits per heavy atom. The van der Waals surface area contributed by atoms with E-state index in [-0.39, 0.29) is 12.2 Å². The van der Waals surface area contributed by atoms with E-state index in [0.717, 1.165) is 28.4 Å². The van der Waals surface area contributed by atoms with Crippen LogP contribution in [0.5, 0.6) is 5.75 Å². The number of unbranched alkanes of at least 4 members (excludes halogenated alkanes) is 6. The fraction of sp³-hybridized carbons (Fsp3) is 0.630. The molecule has 0 saturated carbocycles. The van der Waals surface area contributed by atoms with Gasteiger partial charge in [0.25, 0.3) is 0 Å². The third-order valence-corrected chi connectivity index (χ3v) is 8.52. The molecule has 0 aromatic heterocycles. The summed E-state index contributed by atoms with van der Waals surface area (Å²) < 4.78 is 12.1. The highest BCUT2D eigenvalue weighted by Gasteiger charge is 2.32. The second-order valence-electron chi connectivity index (χ2n) is 8.62. The van der Waals surface area contributed by atoms with E-state index in [2.05, 4.69) is 39.8 Å².